The molecule has 0 saturated heterocycles. The summed E-state index contributed by atoms with van der Waals surface area (Å²) in [4.78, 5) is 28.5. The number of ether oxygens (including phenoxy) is 1. The molecule has 2 aromatic rings. The van der Waals surface area contributed by atoms with Gasteiger partial charge in [-0.05, 0) is 26.1 Å². The van der Waals surface area contributed by atoms with Crippen LogP contribution >= 0.6 is 0 Å². The van der Waals surface area contributed by atoms with Crippen LogP contribution in [0.15, 0.2) is 28.8 Å². The van der Waals surface area contributed by atoms with E-state index in [1.165, 1.54) is 7.11 Å². The monoisotopic (exact) mass is 318 g/mol. The van der Waals surface area contributed by atoms with E-state index in [-0.39, 0.29) is 0 Å². The second-order valence-corrected chi connectivity index (χ2v) is 5.07. The number of aromatic nitrogens is 2. The Morgan fingerprint density at radius 3 is 2.57 bits per heavy atom. The summed E-state index contributed by atoms with van der Waals surface area (Å²) in [6, 6.07) is 6.22. The van der Waals surface area contributed by atoms with Gasteiger partial charge in [0.1, 0.15) is 0 Å². The summed E-state index contributed by atoms with van der Waals surface area (Å²) < 4.78 is 9.81. The van der Waals surface area contributed by atoms with Crippen molar-refractivity contribution in [3.63, 3.8) is 0 Å². The lowest BCUT2D eigenvalue weighted by atomic mass is 10.1. The van der Waals surface area contributed by atoms with Crippen LogP contribution in [0.5, 0.6) is 0 Å². The lowest BCUT2D eigenvalue weighted by Gasteiger charge is -2.19. The maximum absolute atomic E-state index is 11.4. The number of hydrogen-bond donors (Lipinski definition) is 1. The predicted molar refractivity (Wildman–Crippen MR) is 81.2 cm³/mol. The number of esters is 1. The van der Waals surface area contributed by atoms with Gasteiger partial charge in [-0.3, -0.25) is 9.69 Å². The van der Waals surface area contributed by atoms with Gasteiger partial charge in [-0.1, -0.05) is 17.3 Å². The molecule has 0 fully saturated rings. The van der Waals surface area contributed by atoms with E-state index in [4.69, 9.17) is 10.3 Å². The normalized spacial score (nSPS) is 12.2. The zero-order valence-corrected chi connectivity index (χ0v) is 13.1. The fourth-order valence-electron chi connectivity index (χ4n) is 1.88. The van der Waals surface area contributed by atoms with Crippen LogP contribution in [-0.2, 0) is 16.1 Å². The van der Waals surface area contributed by atoms with Gasteiger partial charge >= 0.3 is 5.97 Å². The zero-order valence-electron chi connectivity index (χ0n) is 13.1. The van der Waals surface area contributed by atoms with E-state index in [2.05, 4.69) is 14.9 Å². The molecule has 1 aromatic carbocycles. The molecular weight excluding hydrogens is 300 g/mol. The Balaban J connectivity index is 2.10. The minimum atomic E-state index is -0.440. The number of primary amides is 1. The van der Waals surface area contributed by atoms with E-state index in [1.54, 1.807) is 43.1 Å². The molecule has 0 aliphatic rings. The van der Waals surface area contributed by atoms with Crippen LogP contribution in [0.1, 0.15) is 23.2 Å². The highest BCUT2D eigenvalue weighted by atomic mass is 16.5. The number of nitrogens with zero attached hydrogens (tertiary/aromatic N) is 3. The Labute approximate surface area is 133 Å². The molecule has 0 bridgehead atoms. The number of rotatable bonds is 6. The molecule has 8 heteroatoms. The van der Waals surface area contributed by atoms with Gasteiger partial charge in [0.15, 0.2) is 0 Å². The third-order valence-electron chi connectivity index (χ3n) is 3.49. The molecular formula is C15H18N4O4. The van der Waals surface area contributed by atoms with Crippen molar-refractivity contribution < 1.29 is 18.8 Å². The third kappa shape index (κ3) is 3.92. The Morgan fingerprint density at radius 1 is 1.35 bits per heavy atom. The molecule has 1 atom stereocenters. The summed E-state index contributed by atoms with van der Waals surface area (Å²) in [5.41, 5.74) is 6.40. The van der Waals surface area contributed by atoms with Gasteiger partial charge in [0.05, 0.1) is 25.3 Å². The van der Waals surface area contributed by atoms with Crippen molar-refractivity contribution in [2.75, 3.05) is 14.2 Å². The molecule has 2 N–H and O–H groups in total. The van der Waals surface area contributed by atoms with Crippen molar-refractivity contribution in [1.82, 2.24) is 15.0 Å². The average molecular weight is 318 g/mol. The Morgan fingerprint density at radius 2 is 2.00 bits per heavy atom. The van der Waals surface area contributed by atoms with Gasteiger partial charge in [0, 0.05) is 5.56 Å². The molecule has 0 aliphatic heterocycles. The summed E-state index contributed by atoms with van der Waals surface area (Å²) >= 11 is 0. The predicted octanol–water partition coefficient (Wildman–Crippen LogP) is 0.829. The van der Waals surface area contributed by atoms with Gasteiger partial charge in [-0.25, -0.2) is 4.79 Å². The fraction of sp³-hybridized carbons (Fsp3) is 0.333. The van der Waals surface area contributed by atoms with E-state index >= 15 is 0 Å². The van der Waals surface area contributed by atoms with Crippen LogP contribution < -0.4 is 5.73 Å². The zero-order chi connectivity index (χ0) is 17.0. The molecule has 2 rings (SSSR count). The van der Waals surface area contributed by atoms with Crippen LogP contribution in [0, 0.1) is 0 Å². The largest absolute Gasteiger partial charge is 0.465 e. The van der Waals surface area contributed by atoms with Crippen LogP contribution in [-0.4, -0.2) is 47.1 Å². The first kappa shape index (κ1) is 16.6. The van der Waals surface area contributed by atoms with Crippen molar-refractivity contribution in [1.29, 1.82) is 0 Å². The summed E-state index contributed by atoms with van der Waals surface area (Å²) in [5.74, 6) is -0.0674. The standard InChI is InChI=1S/C15H18N4O4/c1-9(13(16)20)19(2)8-12-17-14(18-23-12)10-4-6-11(7-5-10)15(21)22-3/h4-7,9H,8H2,1-3H3,(H2,16,20)/t9-/m0/s1. The van der Waals surface area contributed by atoms with E-state index < -0.39 is 17.9 Å². The maximum atomic E-state index is 11.4. The minimum Gasteiger partial charge on any atom is -0.465 e. The minimum absolute atomic E-state index is 0.303. The van der Waals surface area contributed by atoms with Gasteiger partial charge < -0.3 is 15.0 Å². The Bertz CT molecular complexity index is 696. The van der Waals surface area contributed by atoms with E-state index in [0.29, 0.717) is 29.4 Å². The van der Waals surface area contributed by atoms with Crippen molar-refractivity contribution in [3.05, 3.63) is 35.7 Å². The highest BCUT2D eigenvalue weighted by Crippen LogP contribution is 2.17. The lowest BCUT2D eigenvalue weighted by Crippen LogP contribution is -2.39. The highest BCUT2D eigenvalue weighted by Gasteiger charge is 2.18. The number of methoxy groups -OCH3 is 1. The number of likely N-dealkylation sites (N-methyl/N-ethyl adjacent to an activating group) is 1. The molecule has 1 aromatic heterocycles. The quantitative estimate of drug-likeness (QED) is 0.785. The molecule has 1 heterocycles. The summed E-state index contributed by atoms with van der Waals surface area (Å²) in [6.07, 6.45) is 0. The number of carbonyl (C=O) groups excluding carboxylic acids is 2. The number of amides is 1. The summed E-state index contributed by atoms with van der Waals surface area (Å²) in [6.45, 7) is 2.00. The first-order chi connectivity index (χ1) is 10.9. The van der Waals surface area contributed by atoms with Gasteiger partial charge in [-0.15, -0.1) is 0 Å². The third-order valence-corrected chi connectivity index (χ3v) is 3.49. The van der Waals surface area contributed by atoms with Crippen LogP contribution in [0.4, 0.5) is 0 Å². The molecule has 122 valence electrons. The molecule has 23 heavy (non-hydrogen) atoms. The number of hydrogen-bond acceptors (Lipinski definition) is 7. The van der Waals surface area contributed by atoms with E-state index in [9.17, 15) is 9.59 Å². The Hall–Kier alpha value is -2.74. The molecule has 0 aliphatic carbocycles. The van der Waals surface area contributed by atoms with Crippen LogP contribution in [0.3, 0.4) is 0 Å². The summed E-state index contributed by atoms with van der Waals surface area (Å²) in [5, 5.41) is 3.89. The number of carbonyl (C=O) groups is 2. The van der Waals surface area contributed by atoms with Crippen LogP contribution in [0.2, 0.25) is 0 Å². The maximum Gasteiger partial charge on any atom is 0.337 e. The lowest BCUT2D eigenvalue weighted by molar-refractivity contribution is -0.122. The summed E-state index contributed by atoms with van der Waals surface area (Å²) in [7, 11) is 3.07. The van der Waals surface area contributed by atoms with Gasteiger partial charge in [-0.2, -0.15) is 4.98 Å². The Kier molecular flexibility index (Phi) is 5.07. The molecule has 0 radical (unpaired) electrons. The topological polar surface area (TPSA) is 112 Å². The van der Waals surface area contributed by atoms with Gasteiger partial charge in [0.2, 0.25) is 17.6 Å². The van der Waals surface area contributed by atoms with Crippen molar-refractivity contribution in [3.8, 4) is 11.4 Å². The number of nitrogens with two attached hydrogens (primary N) is 1. The molecule has 1 amide bonds. The first-order valence-electron chi connectivity index (χ1n) is 6.93. The van der Waals surface area contributed by atoms with Crippen molar-refractivity contribution >= 4 is 11.9 Å². The molecule has 0 unspecified atom stereocenters. The first-order valence-corrected chi connectivity index (χ1v) is 6.93. The SMILES string of the molecule is COC(=O)c1ccc(-c2noc(CN(C)[C@@H](C)C(N)=O)n2)cc1. The molecule has 8 nitrogen and oxygen atoms in total. The van der Waals surface area contributed by atoms with Crippen molar-refractivity contribution in [2.45, 2.75) is 19.5 Å². The smallest absolute Gasteiger partial charge is 0.337 e. The van der Waals surface area contributed by atoms with Gasteiger partial charge in [0.25, 0.3) is 0 Å². The van der Waals surface area contributed by atoms with E-state index in [0.717, 1.165) is 0 Å². The molecule has 0 saturated carbocycles. The molecule has 0 spiro atoms. The fourth-order valence-corrected chi connectivity index (χ4v) is 1.88. The second kappa shape index (κ2) is 7.01. The average Bonchev–Trinajstić information content (AvgIpc) is 3.01. The van der Waals surface area contributed by atoms with Crippen LogP contribution in [0.25, 0.3) is 11.4 Å². The second-order valence-electron chi connectivity index (χ2n) is 5.07. The van der Waals surface area contributed by atoms with Crippen molar-refractivity contribution in [2.24, 2.45) is 5.73 Å². The number of benzene rings is 1. The van der Waals surface area contributed by atoms with E-state index in [1.807, 2.05) is 0 Å². The highest BCUT2D eigenvalue weighted by molar-refractivity contribution is 5.89.